The van der Waals surface area contributed by atoms with Gasteiger partial charge in [0, 0.05) is 19.1 Å². The van der Waals surface area contributed by atoms with Crippen molar-refractivity contribution in [3.8, 4) is 0 Å². The summed E-state index contributed by atoms with van der Waals surface area (Å²) in [5.74, 6) is -0.711. The van der Waals surface area contributed by atoms with E-state index in [9.17, 15) is 25.5 Å². The molecule has 1 heterocycles. The highest BCUT2D eigenvalue weighted by Gasteiger charge is 2.39. The number of nitrogens with one attached hydrogen (secondary N) is 1. The van der Waals surface area contributed by atoms with Gasteiger partial charge in [0.25, 0.3) is 0 Å². The number of aliphatic hydroxyl groups is 6. The zero-order valence-corrected chi connectivity index (χ0v) is 8.06. The Labute approximate surface area is 86.6 Å². The van der Waals surface area contributed by atoms with Gasteiger partial charge in [0.1, 0.15) is 24.5 Å². The quantitative estimate of drug-likeness (QED) is 0.240. The minimum atomic E-state index is -1.67. The third-order valence-electron chi connectivity index (χ3n) is 2.68. The van der Waals surface area contributed by atoms with E-state index in [4.69, 9.17) is 5.11 Å². The van der Waals surface area contributed by atoms with Crippen LogP contribution < -0.4 is 5.32 Å². The third kappa shape index (κ3) is 2.64. The number of aliphatic hydroxyl groups excluding tert-OH is 6. The Balaban J connectivity index is 2.77. The van der Waals surface area contributed by atoms with Crippen LogP contribution in [0.15, 0.2) is 0 Å². The minimum Gasteiger partial charge on any atom is -0.396 e. The van der Waals surface area contributed by atoms with Gasteiger partial charge in [-0.15, -0.1) is 0 Å². The van der Waals surface area contributed by atoms with Gasteiger partial charge in [0.05, 0.1) is 6.10 Å². The van der Waals surface area contributed by atoms with E-state index in [1.165, 1.54) is 0 Å². The summed E-state index contributed by atoms with van der Waals surface area (Å²) in [7, 11) is 0. The Morgan fingerprint density at radius 2 is 1.40 bits per heavy atom. The molecule has 0 amide bonds. The van der Waals surface area contributed by atoms with Crippen molar-refractivity contribution in [2.75, 3.05) is 13.2 Å². The molecule has 0 aliphatic carbocycles. The van der Waals surface area contributed by atoms with Gasteiger partial charge in [-0.05, 0) is 0 Å². The molecule has 1 unspecified atom stereocenters. The molecule has 0 bridgehead atoms. The molecular formula is C8H17NO6. The van der Waals surface area contributed by atoms with Crippen LogP contribution in [0.2, 0.25) is 0 Å². The topological polar surface area (TPSA) is 133 Å². The van der Waals surface area contributed by atoms with Crippen molar-refractivity contribution in [3.05, 3.63) is 0 Å². The Kier molecular flexibility index (Phi) is 4.41. The molecule has 0 aromatic rings. The lowest BCUT2D eigenvalue weighted by atomic mass is 9.90. The number of rotatable bonds is 1. The molecule has 1 rings (SSSR count). The maximum absolute atomic E-state index is 9.51. The molecule has 0 aromatic heterocycles. The van der Waals surface area contributed by atoms with Gasteiger partial charge in [-0.3, -0.25) is 5.32 Å². The molecule has 90 valence electrons. The predicted octanol–water partition coefficient (Wildman–Crippen LogP) is -4.04. The molecule has 1 aliphatic heterocycles. The van der Waals surface area contributed by atoms with Gasteiger partial charge < -0.3 is 30.6 Å². The van der Waals surface area contributed by atoms with Crippen LogP contribution in [0.5, 0.6) is 0 Å². The Morgan fingerprint density at radius 3 is 1.93 bits per heavy atom. The lowest BCUT2D eigenvalue weighted by Crippen LogP contribution is -2.59. The third-order valence-corrected chi connectivity index (χ3v) is 2.68. The molecule has 1 saturated heterocycles. The predicted molar refractivity (Wildman–Crippen MR) is 48.6 cm³/mol. The second-order valence-electron chi connectivity index (χ2n) is 3.76. The van der Waals surface area contributed by atoms with Crippen LogP contribution in [0.4, 0.5) is 0 Å². The summed E-state index contributed by atoms with van der Waals surface area (Å²) in [6.07, 6.45) is -7.63. The molecule has 15 heavy (non-hydrogen) atoms. The SMILES string of the molecule is OC[C@H]1CNC(O)[C@H](O)[C@@H](O)[C@H](O)[C@@H]1O. The number of hydrogen-bond acceptors (Lipinski definition) is 7. The summed E-state index contributed by atoms with van der Waals surface area (Å²) in [6, 6.07) is 0. The van der Waals surface area contributed by atoms with E-state index >= 15 is 0 Å². The minimum absolute atomic E-state index is 0.0275. The summed E-state index contributed by atoms with van der Waals surface area (Å²) in [5.41, 5.74) is 0. The van der Waals surface area contributed by atoms with Crippen LogP contribution in [0.25, 0.3) is 0 Å². The zero-order chi connectivity index (χ0) is 11.6. The second kappa shape index (κ2) is 5.17. The van der Waals surface area contributed by atoms with Crippen molar-refractivity contribution < 1.29 is 30.6 Å². The summed E-state index contributed by atoms with van der Waals surface area (Å²) in [4.78, 5) is 0. The van der Waals surface area contributed by atoms with Crippen LogP contribution in [-0.4, -0.2) is 74.4 Å². The van der Waals surface area contributed by atoms with Crippen molar-refractivity contribution in [2.24, 2.45) is 5.92 Å². The normalized spacial score (nSPS) is 48.4. The van der Waals surface area contributed by atoms with Crippen LogP contribution in [-0.2, 0) is 0 Å². The van der Waals surface area contributed by atoms with Crippen LogP contribution in [0, 0.1) is 5.92 Å². The summed E-state index contributed by atoms with van der Waals surface area (Å²) in [6.45, 7) is -0.375. The highest BCUT2D eigenvalue weighted by molar-refractivity contribution is 4.90. The highest BCUT2D eigenvalue weighted by Crippen LogP contribution is 2.16. The fourth-order valence-electron chi connectivity index (χ4n) is 1.56. The Morgan fingerprint density at radius 1 is 0.867 bits per heavy atom. The van der Waals surface area contributed by atoms with E-state index in [2.05, 4.69) is 5.32 Å². The van der Waals surface area contributed by atoms with Crippen LogP contribution in [0.3, 0.4) is 0 Å². The summed E-state index contributed by atoms with van der Waals surface area (Å²) in [5, 5.41) is 58.2. The van der Waals surface area contributed by atoms with Crippen molar-refractivity contribution >= 4 is 0 Å². The van der Waals surface area contributed by atoms with Gasteiger partial charge in [-0.25, -0.2) is 0 Å². The standard InChI is InChI=1S/C8H17NO6/c10-2-3-1-9-8(15)7(14)6(13)5(12)4(3)11/h3-15H,1-2H2/t3-,4-,5-,6+,7-,8?/m1/s1. The smallest absolute Gasteiger partial charge is 0.133 e. The molecule has 1 fully saturated rings. The molecular weight excluding hydrogens is 206 g/mol. The molecule has 7 heteroatoms. The average molecular weight is 223 g/mol. The van der Waals surface area contributed by atoms with Crippen LogP contribution >= 0.6 is 0 Å². The van der Waals surface area contributed by atoms with Gasteiger partial charge in [0.15, 0.2) is 0 Å². The highest BCUT2D eigenvalue weighted by atomic mass is 16.4. The van der Waals surface area contributed by atoms with Gasteiger partial charge >= 0.3 is 0 Å². The molecule has 0 spiro atoms. The van der Waals surface area contributed by atoms with E-state index < -0.39 is 43.2 Å². The second-order valence-corrected chi connectivity index (χ2v) is 3.76. The molecule has 0 aromatic carbocycles. The summed E-state index contributed by atoms with van der Waals surface area (Å²) >= 11 is 0. The van der Waals surface area contributed by atoms with Gasteiger partial charge in [-0.1, -0.05) is 0 Å². The lowest BCUT2D eigenvalue weighted by Gasteiger charge is -2.36. The van der Waals surface area contributed by atoms with E-state index in [1.54, 1.807) is 0 Å². The maximum atomic E-state index is 9.51. The van der Waals surface area contributed by atoms with E-state index in [0.717, 1.165) is 0 Å². The van der Waals surface area contributed by atoms with E-state index in [1.807, 2.05) is 0 Å². The molecule has 0 radical (unpaired) electrons. The fourth-order valence-corrected chi connectivity index (χ4v) is 1.56. The average Bonchev–Trinajstić information content (AvgIpc) is 2.25. The van der Waals surface area contributed by atoms with Crippen LogP contribution in [0.1, 0.15) is 0 Å². The first-order valence-electron chi connectivity index (χ1n) is 4.73. The summed E-state index contributed by atoms with van der Waals surface area (Å²) < 4.78 is 0. The maximum Gasteiger partial charge on any atom is 0.133 e. The fraction of sp³-hybridized carbons (Fsp3) is 1.00. The molecule has 7 N–H and O–H groups in total. The zero-order valence-electron chi connectivity index (χ0n) is 8.06. The largest absolute Gasteiger partial charge is 0.396 e. The van der Waals surface area contributed by atoms with Crippen molar-refractivity contribution in [1.82, 2.24) is 5.32 Å². The Hall–Kier alpha value is -0.280. The van der Waals surface area contributed by atoms with Gasteiger partial charge in [0.2, 0.25) is 0 Å². The van der Waals surface area contributed by atoms with Crippen molar-refractivity contribution in [3.63, 3.8) is 0 Å². The lowest BCUT2D eigenvalue weighted by molar-refractivity contribution is -0.163. The molecule has 0 saturated carbocycles. The molecule has 1 aliphatic rings. The van der Waals surface area contributed by atoms with E-state index in [-0.39, 0.29) is 6.54 Å². The first-order valence-corrected chi connectivity index (χ1v) is 4.73. The molecule has 7 nitrogen and oxygen atoms in total. The van der Waals surface area contributed by atoms with Crippen molar-refractivity contribution in [2.45, 2.75) is 30.6 Å². The monoisotopic (exact) mass is 223 g/mol. The van der Waals surface area contributed by atoms with Crippen molar-refractivity contribution in [1.29, 1.82) is 0 Å². The Bertz CT molecular complexity index is 200. The van der Waals surface area contributed by atoms with E-state index in [0.29, 0.717) is 0 Å². The number of hydrogen-bond donors (Lipinski definition) is 7. The molecule has 6 atom stereocenters. The first-order chi connectivity index (χ1) is 6.99. The first kappa shape index (κ1) is 12.8. The van der Waals surface area contributed by atoms with Gasteiger partial charge in [-0.2, -0.15) is 0 Å².